The Morgan fingerprint density at radius 3 is 2.52 bits per heavy atom. The van der Waals surface area contributed by atoms with Crippen molar-refractivity contribution in [3.63, 3.8) is 0 Å². The largest absolute Gasteiger partial charge is 0.466 e. The first-order chi connectivity index (χ1) is 9.67. The number of likely N-dealkylation sites (tertiary alicyclic amines) is 1. The van der Waals surface area contributed by atoms with Gasteiger partial charge in [0.2, 0.25) is 0 Å². The van der Waals surface area contributed by atoms with E-state index in [1.165, 1.54) is 4.90 Å². The van der Waals surface area contributed by atoms with Crippen molar-refractivity contribution in [3.8, 4) is 0 Å². The predicted octanol–water partition coefficient (Wildman–Crippen LogP) is 1.95. The highest BCUT2D eigenvalue weighted by Gasteiger charge is 2.40. The number of amides is 1. The smallest absolute Gasteiger partial charge is 0.410 e. The van der Waals surface area contributed by atoms with Gasteiger partial charge in [0.1, 0.15) is 5.60 Å². The molecule has 21 heavy (non-hydrogen) atoms. The molecular weight excluding hydrogens is 274 g/mol. The number of hydrogen-bond acceptors (Lipinski definition) is 5. The molecule has 0 aromatic carbocycles. The second-order valence-electron chi connectivity index (χ2n) is 6.41. The van der Waals surface area contributed by atoms with Gasteiger partial charge in [-0.1, -0.05) is 0 Å². The topological polar surface area (TPSA) is 76.1 Å². The van der Waals surface area contributed by atoms with Gasteiger partial charge in [-0.25, -0.2) is 4.79 Å². The van der Waals surface area contributed by atoms with Crippen LogP contribution >= 0.6 is 0 Å². The summed E-state index contributed by atoms with van der Waals surface area (Å²) in [5.41, 5.74) is -0.581. The van der Waals surface area contributed by atoms with Crippen molar-refractivity contribution in [2.45, 2.75) is 65.2 Å². The SMILES string of the molecule is CCOC(=O)[C@H](C)[C@@H](O)[C@@H]1CCCN1C(=O)OC(C)(C)C. The van der Waals surface area contributed by atoms with Gasteiger partial charge >= 0.3 is 12.1 Å². The molecule has 0 aliphatic carbocycles. The third kappa shape index (κ3) is 4.88. The third-order valence-electron chi connectivity index (χ3n) is 3.49. The van der Waals surface area contributed by atoms with Gasteiger partial charge in [0.25, 0.3) is 0 Å². The first-order valence-electron chi connectivity index (χ1n) is 7.51. The van der Waals surface area contributed by atoms with Gasteiger partial charge in [-0.2, -0.15) is 0 Å². The average molecular weight is 301 g/mol. The Bertz CT molecular complexity index is 377. The summed E-state index contributed by atoms with van der Waals surface area (Å²) < 4.78 is 10.3. The highest BCUT2D eigenvalue weighted by atomic mass is 16.6. The third-order valence-corrected chi connectivity index (χ3v) is 3.49. The fourth-order valence-electron chi connectivity index (χ4n) is 2.44. The summed E-state index contributed by atoms with van der Waals surface area (Å²) in [6, 6.07) is -0.403. The van der Waals surface area contributed by atoms with Gasteiger partial charge in [0, 0.05) is 6.54 Å². The number of carbonyl (C=O) groups is 2. The Hall–Kier alpha value is -1.30. The van der Waals surface area contributed by atoms with Gasteiger partial charge in [0.05, 0.1) is 24.7 Å². The first-order valence-corrected chi connectivity index (χ1v) is 7.51. The quantitative estimate of drug-likeness (QED) is 0.803. The van der Waals surface area contributed by atoms with Crippen LogP contribution in [0.3, 0.4) is 0 Å². The number of carbonyl (C=O) groups excluding carboxylic acids is 2. The van der Waals surface area contributed by atoms with E-state index in [2.05, 4.69) is 0 Å². The van der Waals surface area contributed by atoms with E-state index >= 15 is 0 Å². The number of nitrogens with zero attached hydrogens (tertiary/aromatic N) is 1. The van der Waals surface area contributed by atoms with Gasteiger partial charge in [0.15, 0.2) is 0 Å². The van der Waals surface area contributed by atoms with Crippen LogP contribution in [0.1, 0.15) is 47.5 Å². The maximum atomic E-state index is 12.2. The van der Waals surface area contributed by atoms with Crippen molar-refractivity contribution >= 4 is 12.1 Å². The lowest BCUT2D eigenvalue weighted by Crippen LogP contribution is -2.48. The molecule has 1 amide bonds. The molecule has 122 valence electrons. The number of rotatable bonds is 4. The number of hydrogen-bond donors (Lipinski definition) is 1. The zero-order valence-electron chi connectivity index (χ0n) is 13.6. The number of aliphatic hydroxyl groups excluding tert-OH is 1. The minimum atomic E-state index is -0.945. The number of aliphatic hydroxyl groups is 1. The molecule has 0 aromatic heterocycles. The van der Waals surface area contributed by atoms with Crippen LogP contribution in [-0.4, -0.2) is 53.0 Å². The highest BCUT2D eigenvalue weighted by molar-refractivity contribution is 5.73. The van der Waals surface area contributed by atoms with Gasteiger partial charge < -0.3 is 19.5 Å². The molecule has 0 unspecified atom stereocenters. The van der Waals surface area contributed by atoms with E-state index in [1.807, 2.05) is 0 Å². The van der Waals surface area contributed by atoms with Crippen LogP contribution in [0.15, 0.2) is 0 Å². The molecular formula is C15H27NO5. The van der Waals surface area contributed by atoms with Crippen LogP contribution in [0.2, 0.25) is 0 Å². The summed E-state index contributed by atoms with van der Waals surface area (Å²) in [5.74, 6) is -1.11. The molecule has 1 rings (SSSR count). The normalized spacial score (nSPS) is 21.8. The maximum Gasteiger partial charge on any atom is 0.410 e. The van der Waals surface area contributed by atoms with Gasteiger partial charge in [-0.15, -0.1) is 0 Å². The summed E-state index contributed by atoms with van der Waals surface area (Å²) in [6.45, 7) is 9.55. The van der Waals surface area contributed by atoms with Crippen LogP contribution in [0.4, 0.5) is 4.79 Å². The molecule has 0 aromatic rings. The van der Waals surface area contributed by atoms with E-state index in [9.17, 15) is 14.7 Å². The molecule has 1 saturated heterocycles. The fraction of sp³-hybridized carbons (Fsp3) is 0.867. The van der Waals surface area contributed by atoms with E-state index in [0.29, 0.717) is 13.0 Å². The molecule has 1 heterocycles. The van der Waals surface area contributed by atoms with E-state index in [4.69, 9.17) is 9.47 Å². The van der Waals surface area contributed by atoms with Crippen molar-refractivity contribution in [2.24, 2.45) is 5.92 Å². The standard InChI is InChI=1S/C15H27NO5/c1-6-20-13(18)10(2)12(17)11-8-7-9-16(11)14(19)21-15(3,4)5/h10-12,17H,6-9H2,1-5H3/t10-,11+,12-/m1/s1. The molecule has 6 heteroatoms. The zero-order valence-corrected chi connectivity index (χ0v) is 13.6. The fourth-order valence-corrected chi connectivity index (χ4v) is 2.44. The molecule has 1 aliphatic heterocycles. The summed E-state index contributed by atoms with van der Waals surface area (Å²) in [5, 5.41) is 10.4. The maximum absolute atomic E-state index is 12.2. The lowest BCUT2D eigenvalue weighted by atomic mass is 9.96. The Balaban J connectivity index is 2.72. The molecule has 1 fully saturated rings. The Morgan fingerprint density at radius 1 is 1.38 bits per heavy atom. The lowest BCUT2D eigenvalue weighted by Gasteiger charge is -2.32. The lowest BCUT2D eigenvalue weighted by molar-refractivity contribution is -0.152. The monoisotopic (exact) mass is 301 g/mol. The molecule has 1 aliphatic rings. The summed E-state index contributed by atoms with van der Waals surface area (Å²) in [4.78, 5) is 25.4. The first kappa shape index (κ1) is 17.8. The van der Waals surface area contributed by atoms with Crippen molar-refractivity contribution in [1.82, 2.24) is 4.90 Å². The zero-order chi connectivity index (χ0) is 16.2. The second kappa shape index (κ2) is 7.11. The molecule has 1 N–H and O–H groups in total. The Labute approximate surface area is 126 Å². The van der Waals surface area contributed by atoms with Crippen LogP contribution in [0, 0.1) is 5.92 Å². The highest BCUT2D eigenvalue weighted by Crippen LogP contribution is 2.26. The summed E-state index contributed by atoms with van der Waals surface area (Å²) in [7, 11) is 0. The molecule has 0 spiro atoms. The van der Waals surface area contributed by atoms with E-state index in [0.717, 1.165) is 6.42 Å². The van der Waals surface area contributed by atoms with Crippen molar-refractivity contribution < 1.29 is 24.2 Å². The molecule has 6 nitrogen and oxygen atoms in total. The average Bonchev–Trinajstić information content (AvgIpc) is 2.84. The minimum Gasteiger partial charge on any atom is -0.466 e. The molecule has 0 saturated carbocycles. The molecule has 0 bridgehead atoms. The molecule has 3 atom stereocenters. The summed E-state index contributed by atoms with van der Waals surface area (Å²) >= 11 is 0. The Morgan fingerprint density at radius 2 is 2.00 bits per heavy atom. The van der Waals surface area contributed by atoms with E-state index in [-0.39, 0.29) is 6.61 Å². The van der Waals surface area contributed by atoms with Crippen LogP contribution in [0.5, 0.6) is 0 Å². The van der Waals surface area contributed by atoms with Crippen LogP contribution < -0.4 is 0 Å². The molecule has 0 radical (unpaired) electrons. The second-order valence-corrected chi connectivity index (χ2v) is 6.41. The van der Waals surface area contributed by atoms with Crippen molar-refractivity contribution in [1.29, 1.82) is 0 Å². The van der Waals surface area contributed by atoms with Gasteiger partial charge in [-0.3, -0.25) is 4.79 Å². The van der Waals surface area contributed by atoms with Crippen LogP contribution in [-0.2, 0) is 14.3 Å². The van der Waals surface area contributed by atoms with Crippen molar-refractivity contribution in [2.75, 3.05) is 13.2 Å². The van der Waals surface area contributed by atoms with E-state index < -0.39 is 35.7 Å². The van der Waals surface area contributed by atoms with Gasteiger partial charge in [-0.05, 0) is 47.5 Å². The summed E-state index contributed by atoms with van der Waals surface area (Å²) in [6.07, 6.45) is 0.0555. The van der Waals surface area contributed by atoms with Crippen molar-refractivity contribution in [3.05, 3.63) is 0 Å². The number of esters is 1. The van der Waals surface area contributed by atoms with Crippen LogP contribution in [0.25, 0.3) is 0 Å². The predicted molar refractivity (Wildman–Crippen MR) is 77.8 cm³/mol. The number of ether oxygens (including phenoxy) is 2. The minimum absolute atomic E-state index is 0.274. The van der Waals surface area contributed by atoms with E-state index in [1.54, 1.807) is 34.6 Å². The Kier molecular flexibility index (Phi) is 6.01.